The first-order chi connectivity index (χ1) is 15.9. The number of nitrogens with zero attached hydrogens (tertiary/aromatic N) is 3. The van der Waals surface area contributed by atoms with E-state index in [1.165, 1.54) is 32.0 Å². The molecule has 13 heteroatoms. The number of rotatable bonds is 10. The summed E-state index contributed by atoms with van der Waals surface area (Å²) in [6.45, 7) is 0.843. The molecule has 34 heavy (non-hydrogen) atoms. The number of nitro groups is 1. The van der Waals surface area contributed by atoms with E-state index in [0.717, 1.165) is 27.2 Å². The van der Waals surface area contributed by atoms with Crippen LogP contribution in [0.1, 0.15) is 12.5 Å². The highest BCUT2D eigenvalue weighted by molar-refractivity contribution is 9.10. The summed E-state index contributed by atoms with van der Waals surface area (Å²) in [7, 11) is -1.37. The summed E-state index contributed by atoms with van der Waals surface area (Å²) in [6, 6.07) is 9.62. The normalized spacial score (nSPS) is 11.9. The van der Waals surface area contributed by atoms with E-state index in [9.17, 15) is 28.1 Å². The Morgan fingerprint density at radius 2 is 1.91 bits per heavy atom. The summed E-state index contributed by atoms with van der Waals surface area (Å²) in [5.74, 6) is -1.10. The van der Waals surface area contributed by atoms with Crippen LogP contribution in [0, 0.1) is 10.1 Å². The van der Waals surface area contributed by atoms with Crippen LogP contribution in [0.5, 0.6) is 5.75 Å². The monoisotopic (exact) mass is 556 g/mol. The van der Waals surface area contributed by atoms with Crippen molar-refractivity contribution in [3.8, 4) is 5.75 Å². The molecule has 1 N–H and O–H groups in total. The van der Waals surface area contributed by atoms with Crippen LogP contribution in [-0.2, 0) is 26.2 Å². The molecule has 184 valence electrons. The average molecular weight is 557 g/mol. The van der Waals surface area contributed by atoms with Crippen LogP contribution in [0.2, 0.25) is 0 Å². The van der Waals surface area contributed by atoms with Gasteiger partial charge >= 0.3 is 0 Å². The number of hydrogen-bond acceptors (Lipinski definition) is 7. The smallest absolute Gasteiger partial charge is 0.271 e. The number of benzene rings is 2. The fourth-order valence-electron chi connectivity index (χ4n) is 3.21. The van der Waals surface area contributed by atoms with Crippen LogP contribution in [0.25, 0.3) is 0 Å². The Kier molecular flexibility index (Phi) is 8.99. The highest BCUT2D eigenvalue weighted by Gasteiger charge is 2.31. The molecule has 0 heterocycles. The second-order valence-electron chi connectivity index (χ2n) is 7.32. The largest absolute Gasteiger partial charge is 0.495 e. The van der Waals surface area contributed by atoms with Crippen LogP contribution in [0.15, 0.2) is 46.9 Å². The lowest BCUT2D eigenvalue weighted by molar-refractivity contribution is -0.384. The van der Waals surface area contributed by atoms with Crippen molar-refractivity contribution >= 4 is 49.1 Å². The van der Waals surface area contributed by atoms with Crippen molar-refractivity contribution in [3.63, 3.8) is 0 Å². The molecular weight excluding hydrogens is 532 g/mol. The molecule has 0 unspecified atom stereocenters. The van der Waals surface area contributed by atoms with Crippen LogP contribution < -0.4 is 14.4 Å². The summed E-state index contributed by atoms with van der Waals surface area (Å²) in [5, 5.41) is 13.7. The number of ether oxygens (including phenoxy) is 1. The number of anilines is 1. The molecule has 11 nitrogen and oxygen atoms in total. The number of nitrogens with one attached hydrogen (secondary N) is 1. The van der Waals surface area contributed by atoms with Gasteiger partial charge in [0.1, 0.15) is 24.0 Å². The van der Waals surface area contributed by atoms with Crippen molar-refractivity contribution in [1.82, 2.24) is 10.2 Å². The van der Waals surface area contributed by atoms with Crippen LogP contribution in [0.4, 0.5) is 11.4 Å². The van der Waals surface area contributed by atoms with E-state index in [0.29, 0.717) is 5.56 Å². The second kappa shape index (κ2) is 11.3. The molecule has 1 atom stereocenters. The van der Waals surface area contributed by atoms with E-state index in [2.05, 4.69) is 21.2 Å². The zero-order valence-electron chi connectivity index (χ0n) is 19.0. The molecule has 0 aliphatic carbocycles. The minimum Gasteiger partial charge on any atom is -0.495 e. The summed E-state index contributed by atoms with van der Waals surface area (Å²) in [5.41, 5.74) is 0.168. The molecule has 2 rings (SSSR count). The number of carbonyl (C=O) groups is 2. The van der Waals surface area contributed by atoms with Gasteiger partial charge in [-0.1, -0.05) is 28.1 Å². The molecule has 0 bridgehead atoms. The van der Waals surface area contributed by atoms with Crippen molar-refractivity contribution in [2.24, 2.45) is 0 Å². The quantitative estimate of drug-likeness (QED) is 0.349. The number of likely N-dealkylation sites (N-methyl/N-ethyl adjacent to an activating group) is 1. The highest BCUT2D eigenvalue weighted by Crippen LogP contribution is 2.33. The maximum Gasteiger partial charge on any atom is 0.271 e. The molecule has 0 aliphatic heterocycles. The number of methoxy groups -OCH3 is 1. The second-order valence-corrected chi connectivity index (χ2v) is 10.1. The number of nitro benzene ring substituents is 1. The van der Waals surface area contributed by atoms with E-state index in [1.807, 2.05) is 0 Å². The first-order valence-corrected chi connectivity index (χ1v) is 12.6. The number of carbonyl (C=O) groups excluding carboxylic acids is 2. The molecule has 0 spiro atoms. The van der Waals surface area contributed by atoms with Gasteiger partial charge in [0.15, 0.2) is 0 Å². The Labute approximate surface area is 206 Å². The predicted octanol–water partition coefficient (Wildman–Crippen LogP) is 2.30. The predicted molar refractivity (Wildman–Crippen MR) is 130 cm³/mol. The van der Waals surface area contributed by atoms with Gasteiger partial charge in [-0.3, -0.25) is 24.0 Å². The van der Waals surface area contributed by atoms with E-state index < -0.39 is 39.3 Å². The third-order valence-electron chi connectivity index (χ3n) is 4.98. The summed E-state index contributed by atoms with van der Waals surface area (Å²) >= 11 is 3.36. The number of halogens is 1. The van der Waals surface area contributed by atoms with E-state index in [-0.39, 0.29) is 23.7 Å². The van der Waals surface area contributed by atoms with Crippen LogP contribution in [-0.4, -0.2) is 63.1 Å². The van der Waals surface area contributed by atoms with Crippen LogP contribution >= 0.6 is 15.9 Å². The van der Waals surface area contributed by atoms with Gasteiger partial charge in [0.2, 0.25) is 21.8 Å². The molecule has 2 amide bonds. The third kappa shape index (κ3) is 6.67. The van der Waals surface area contributed by atoms with Crippen LogP contribution in [0.3, 0.4) is 0 Å². The topological polar surface area (TPSA) is 139 Å². The lowest BCUT2D eigenvalue weighted by Crippen LogP contribution is -2.50. The molecule has 0 saturated heterocycles. The number of non-ortho nitro benzene ring substituents is 1. The molecule has 0 radical (unpaired) electrons. The summed E-state index contributed by atoms with van der Waals surface area (Å²) in [6.07, 6.45) is 0.874. The first kappa shape index (κ1) is 27.1. The van der Waals surface area contributed by atoms with Gasteiger partial charge in [-0.2, -0.15) is 0 Å². The fraction of sp³-hybridized carbons (Fsp3) is 0.333. The Hall–Kier alpha value is -3.19. The maximum absolute atomic E-state index is 13.4. The van der Waals surface area contributed by atoms with Crippen molar-refractivity contribution < 1.29 is 27.7 Å². The van der Waals surface area contributed by atoms with E-state index >= 15 is 0 Å². The Morgan fingerprint density at radius 3 is 2.44 bits per heavy atom. The van der Waals surface area contributed by atoms with Crippen molar-refractivity contribution in [3.05, 3.63) is 62.6 Å². The molecule has 0 fully saturated rings. The summed E-state index contributed by atoms with van der Waals surface area (Å²) in [4.78, 5) is 37.6. The SMILES string of the molecule is CNC(=O)[C@@H](C)N(Cc1cccc(Br)c1)C(=O)CN(c1cc([N+](=O)[O-])ccc1OC)S(C)(=O)=O. The summed E-state index contributed by atoms with van der Waals surface area (Å²) < 4.78 is 32.0. The first-order valence-electron chi connectivity index (χ1n) is 9.94. The number of hydrogen-bond donors (Lipinski definition) is 1. The van der Waals surface area contributed by atoms with Gasteiger partial charge in [0.25, 0.3) is 5.69 Å². The van der Waals surface area contributed by atoms with Crippen molar-refractivity contribution in [1.29, 1.82) is 0 Å². The zero-order valence-corrected chi connectivity index (χ0v) is 21.4. The van der Waals surface area contributed by atoms with Gasteiger partial charge in [-0.15, -0.1) is 0 Å². The highest BCUT2D eigenvalue weighted by atomic mass is 79.9. The van der Waals surface area contributed by atoms with E-state index in [1.54, 1.807) is 24.3 Å². The van der Waals surface area contributed by atoms with Gasteiger partial charge < -0.3 is 15.0 Å². The Morgan fingerprint density at radius 1 is 1.24 bits per heavy atom. The fourth-order valence-corrected chi connectivity index (χ4v) is 4.50. The number of sulfonamides is 1. The van der Waals surface area contributed by atoms with Gasteiger partial charge in [0.05, 0.1) is 18.3 Å². The lowest BCUT2D eigenvalue weighted by Gasteiger charge is -2.31. The lowest BCUT2D eigenvalue weighted by atomic mass is 10.1. The van der Waals surface area contributed by atoms with Crippen molar-refractivity contribution in [2.75, 3.05) is 31.3 Å². The molecule has 0 saturated carbocycles. The molecule has 0 aliphatic rings. The van der Waals surface area contributed by atoms with E-state index in [4.69, 9.17) is 4.74 Å². The molecule has 2 aromatic rings. The average Bonchev–Trinajstić information content (AvgIpc) is 2.78. The Balaban J connectivity index is 2.51. The Bertz CT molecular complexity index is 1190. The number of amides is 2. The van der Waals surface area contributed by atoms with Crippen molar-refractivity contribution in [2.45, 2.75) is 19.5 Å². The molecular formula is C21H25BrN4O7S. The third-order valence-corrected chi connectivity index (χ3v) is 6.60. The molecule has 0 aromatic heterocycles. The minimum atomic E-state index is -4.08. The standard InChI is InChI=1S/C21H25BrN4O7S/c1-14(21(28)23-2)24(12-15-6-5-7-16(22)10-15)20(27)13-25(34(4,31)32)18-11-17(26(29)30)8-9-19(18)33-3/h5-11,14H,12-13H2,1-4H3,(H,23,28)/t14-/m1/s1. The van der Waals surface area contributed by atoms with Gasteiger partial charge in [0, 0.05) is 30.2 Å². The minimum absolute atomic E-state index is 0.0243. The van der Waals surface area contributed by atoms with Gasteiger partial charge in [-0.05, 0) is 30.7 Å². The zero-order chi connectivity index (χ0) is 25.6. The molecule has 2 aromatic carbocycles. The van der Waals surface area contributed by atoms with Gasteiger partial charge in [-0.25, -0.2) is 8.42 Å². The maximum atomic E-state index is 13.4.